The lowest BCUT2D eigenvalue weighted by molar-refractivity contribution is -0.123. The molecule has 1 N–H and O–H groups in total. The van der Waals surface area contributed by atoms with Gasteiger partial charge in [-0.3, -0.25) is 4.79 Å². The van der Waals surface area contributed by atoms with Gasteiger partial charge in [-0.1, -0.05) is 37.5 Å². The molecule has 1 aromatic carbocycles. The molecular weight excluding hydrogens is 254 g/mol. The maximum atomic E-state index is 12.1. The Morgan fingerprint density at radius 2 is 1.95 bits per heavy atom. The Balaban J connectivity index is 1.61. The first-order valence-corrected chi connectivity index (χ1v) is 7.33. The van der Waals surface area contributed by atoms with E-state index in [9.17, 15) is 9.59 Å². The highest BCUT2D eigenvalue weighted by Gasteiger charge is 2.32. The summed E-state index contributed by atoms with van der Waals surface area (Å²) in [6, 6.07) is 7.58. The van der Waals surface area contributed by atoms with Crippen molar-refractivity contribution in [2.24, 2.45) is 0 Å². The molecule has 1 amide bonds. The second kappa shape index (κ2) is 5.65. The molecule has 1 saturated carbocycles. The van der Waals surface area contributed by atoms with Crippen LogP contribution < -0.4 is 5.32 Å². The van der Waals surface area contributed by atoms with Gasteiger partial charge in [0.15, 0.2) is 0 Å². The number of cyclic esters (lactones) is 1. The fourth-order valence-corrected chi connectivity index (χ4v) is 3.07. The molecule has 0 radical (unpaired) electrons. The van der Waals surface area contributed by atoms with Gasteiger partial charge >= 0.3 is 5.97 Å². The number of carbonyl (C=O) groups excluding carboxylic acids is 2. The first-order chi connectivity index (χ1) is 9.74. The molecule has 0 spiro atoms. The van der Waals surface area contributed by atoms with Crippen molar-refractivity contribution in [3.8, 4) is 0 Å². The summed E-state index contributed by atoms with van der Waals surface area (Å²) in [6.45, 7) is 0. The summed E-state index contributed by atoms with van der Waals surface area (Å²) in [5.74, 6) is -0.345. The Hall–Kier alpha value is -1.84. The van der Waals surface area contributed by atoms with Crippen molar-refractivity contribution in [2.75, 3.05) is 0 Å². The molecule has 1 atom stereocenters. The highest BCUT2D eigenvalue weighted by Crippen LogP contribution is 2.32. The monoisotopic (exact) mass is 273 g/mol. The van der Waals surface area contributed by atoms with Crippen LogP contribution in [0.25, 0.3) is 0 Å². The van der Waals surface area contributed by atoms with Crippen LogP contribution in [-0.4, -0.2) is 17.9 Å². The third-order valence-corrected chi connectivity index (χ3v) is 4.12. The van der Waals surface area contributed by atoms with Crippen molar-refractivity contribution in [1.29, 1.82) is 0 Å². The van der Waals surface area contributed by atoms with Crippen molar-refractivity contribution in [2.45, 2.75) is 50.7 Å². The van der Waals surface area contributed by atoms with Crippen LogP contribution in [0.3, 0.4) is 0 Å². The van der Waals surface area contributed by atoms with E-state index >= 15 is 0 Å². The van der Waals surface area contributed by atoms with E-state index in [1.165, 1.54) is 19.3 Å². The maximum absolute atomic E-state index is 12.1. The van der Waals surface area contributed by atoms with Gasteiger partial charge < -0.3 is 10.1 Å². The highest BCUT2D eigenvalue weighted by molar-refractivity contribution is 5.94. The zero-order valence-electron chi connectivity index (χ0n) is 11.4. The smallest absolute Gasteiger partial charge is 0.339 e. The maximum Gasteiger partial charge on any atom is 0.339 e. The minimum absolute atomic E-state index is 0.0218. The molecule has 20 heavy (non-hydrogen) atoms. The van der Waals surface area contributed by atoms with E-state index in [2.05, 4.69) is 5.32 Å². The third-order valence-electron chi connectivity index (χ3n) is 4.12. The Morgan fingerprint density at radius 1 is 1.20 bits per heavy atom. The molecule has 2 aliphatic rings. The van der Waals surface area contributed by atoms with Gasteiger partial charge in [0, 0.05) is 11.6 Å². The van der Waals surface area contributed by atoms with Gasteiger partial charge in [-0.05, 0) is 18.9 Å². The SMILES string of the molecule is O=C(C[C@H]1OC(=O)c2ccccc21)NC1CCCCC1. The Morgan fingerprint density at radius 3 is 2.75 bits per heavy atom. The molecule has 0 aromatic heterocycles. The van der Waals surface area contributed by atoms with E-state index in [1.54, 1.807) is 6.07 Å². The van der Waals surface area contributed by atoms with Crippen molar-refractivity contribution in [1.82, 2.24) is 5.32 Å². The summed E-state index contributed by atoms with van der Waals surface area (Å²) in [4.78, 5) is 23.8. The third kappa shape index (κ3) is 2.69. The number of hydrogen-bond donors (Lipinski definition) is 1. The summed E-state index contributed by atoms with van der Waals surface area (Å²) < 4.78 is 5.29. The number of fused-ring (bicyclic) bond motifs is 1. The predicted octanol–water partition coefficient (Wildman–Crippen LogP) is 2.74. The Labute approximate surface area is 118 Å². The topological polar surface area (TPSA) is 55.4 Å². The molecule has 1 heterocycles. The van der Waals surface area contributed by atoms with Gasteiger partial charge in [0.2, 0.25) is 5.91 Å². The van der Waals surface area contributed by atoms with Gasteiger partial charge in [-0.25, -0.2) is 4.79 Å². The molecule has 1 fully saturated rings. The van der Waals surface area contributed by atoms with Gasteiger partial charge in [0.05, 0.1) is 12.0 Å². The summed E-state index contributed by atoms with van der Waals surface area (Å²) in [5.41, 5.74) is 1.42. The minimum Gasteiger partial charge on any atom is -0.453 e. The number of amides is 1. The van der Waals surface area contributed by atoms with Crippen LogP contribution >= 0.6 is 0 Å². The Kier molecular flexibility index (Phi) is 3.72. The van der Waals surface area contributed by atoms with E-state index in [0.717, 1.165) is 18.4 Å². The van der Waals surface area contributed by atoms with Gasteiger partial charge in [-0.15, -0.1) is 0 Å². The van der Waals surface area contributed by atoms with Crippen LogP contribution in [0.15, 0.2) is 24.3 Å². The molecule has 1 aliphatic heterocycles. The van der Waals surface area contributed by atoms with Crippen LogP contribution in [0.5, 0.6) is 0 Å². The van der Waals surface area contributed by atoms with Crippen molar-refractivity contribution >= 4 is 11.9 Å². The minimum atomic E-state index is -0.428. The first-order valence-electron chi connectivity index (χ1n) is 7.33. The van der Waals surface area contributed by atoms with Crippen LogP contribution in [0, 0.1) is 0 Å². The number of benzene rings is 1. The van der Waals surface area contributed by atoms with Crippen LogP contribution in [0.1, 0.15) is 60.6 Å². The fraction of sp³-hybridized carbons (Fsp3) is 0.500. The molecule has 3 rings (SSSR count). The van der Waals surface area contributed by atoms with Crippen molar-refractivity contribution < 1.29 is 14.3 Å². The van der Waals surface area contributed by atoms with Crippen LogP contribution in [0.2, 0.25) is 0 Å². The lowest BCUT2D eigenvalue weighted by Crippen LogP contribution is -2.36. The standard InChI is InChI=1S/C16H19NO3/c18-15(17-11-6-2-1-3-7-11)10-14-12-8-4-5-9-13(12)16(19)20-14/h4-5,8-9,11,14H,1-3,6-7,10H2,(H,17,18)/t14-/m1/s1. The molecule has 0 bridgehead atoms. The number of nitrogens with one attached hydrogen (secondary N) is 1. The average molecular weight is 273 g/mol. The number of carbonyl (C=O) groups is 2. The van der Waals surface area contributed by atoms with Crippen LogP contribution in [-0.2, 0) is 9.53 Å². The number of esters is 1. The van der Waals surface area contributed by atoms with E-state index in [1.807, 2.05) is 18.2 Å². The predicted molar refractivity (Wildman–Crippen MR) is 74.2 cm³/mol. The summed E-state index contributed by atoms with van der Waals surface area (Å²) in [6.07, 6.45) is 5.55. The van der Waals surface area contributed by atoms with E-state index in [0.29, 0.717) is 11.6 Å². The van der Waals surface area contributed by atoms with E-state index in [4.69, 9.17) is 4.74 Å². The van der Waals surface area contributed by atoms with E-state index in [-0.39, 0.29) is 18.3 Å². The molecule has 1 aliphatic carbocycles. The number of ether oxygens (including phenoxy) is 1. The molecule has 106 valence electrons. The highest BCUT2D eigenvalue weighted by atomic mass is 16.5. The molecular formula is C16H19NO3. The van der Waals surface area contributed by atoms with Crippen molar-refractivity contribution in [3.05, 3.63) is 35.4 Å². The zero-order valence-corrected chi connectivity index (χ0v) is 11.4. The van der Waals surface area contributed by atoms with Crippen LogP contribution in [0.4, 0.5) is 0 Å². The lowest BCUT2D eigenvalue weighted by atomic mass is 9.95. The molecule has 0 saturated heterocycles. The number of rotatable bonds is 3. The van der Waals surface area contributed by atoms with Gasteiger partial charge in [0.1, 0.15) is 6.10 Å². The van der Waals surface area contributed by atoms with Gasteiger partial charge in [-0.2, -0.15) is 0 Å². The summed E-state index contributed by atoms with van der Waals surface area (Å²) in [5, 5.41) is 3.06. The molecule has 4 nitrogen and oxygen atoms in total. The lowest BCUT2D eigenvalue weighted by Gasteiger charge is -2.23. The Bertz CT molecular complexity index is 520. The molecule has 1 aromatic rings. The van der Waals surface area contributed by atoms with Crippen molar-refractivity contribution in [3.63, 3.8) is 0 Å². The van der Waals surface area contributed by atoms with Gasteiger partial charge in [0.25, 0.3) is 0 Å². The zero-order chi connectivity index (χ0) is 13.9. The average Bonchev–Trinajstić information content (AvgIpc) is 2.77. The quantitative estimate of drug-likeness (QED) is 0.861. The van der Waals surface area contributed by atoms with E-state index < -0.39 is 6.10 Å². The second-order valence-electron chi connectivity index (χ2n) is 5.59. The summed E-state index contributed by atoms with van der Waals surface area (Å²) >= 11 is 0. The summed E-state index contributed by atoms with van der Waals surface area (Å²) in [7, 11) is 0. The largest absolute Gasteiger partial charge is 0.453 e. The normalized spacial score (nSPS) is 22.2. The first kappa shape index (κ1) is 13.2. The molecule has 0 unspecified atom stereocenters. The fourth-order valence-electron chi connectivity index (χ4n) is 3.07. The number of hydrogen-bond acceptors (Lipinski definition) is 3. The molecule has 4 heteroatoms. The second-order valence-corrected chi connectivity index (χ2v) is 5.59.